The zero-order chi connectivity index (χ0) is 19.1. The molecule has 2 rings (SSSR count). The molecule has 0 spiro atoms. The van der Waals surface area contributed by atoms with Gasteiger partial charge in [0.15, 0.2) is 11.6 Å². The second-order valence-corrected chi connectivity index (χ2v) is 5.79. The summed E-state index contributed by atoms with van der Waals surface area (Å²) in [7, 11) is 0. The van der Waals surface area contributed by atoms with E-state index in [1.54, 1.807) is 19.1 Å². The summed E-state index contributed by atoms with van der Waals surface area (Å²) in [5, 5.41) is 2.52. The number of nitrogens with two attached hydrogens (primary N) is 1. The van der Waals surface area contributed by atoms with Gasteiger partial charge in [-0.25, -0.2) is 9.37 Å². The maximum absolute atomic E-state index is 14.5. The lowest BCUT2D eigenvalue weighted by molar-refractivity contribution is 0.102. The third-order valence-corrected chi connectivity index (χ3v) is 3.75. The average Bonchev–Trinajstić information content (AvgIpc) is 2.60. The lowest BCUT2D eigenvalue weighted by Gasteiger charge is -2.12. The lowest BCUT2D eigenvalue weighted by atomic mass is 10.1. The minimum atomic E-state index is -0.659. The zero-order valence-corrected chi connectivity index (χ0v) is 15.1. The Balaban J connectivity index is 2.15. The highest BCUT2D eigenvalue weighted by Crippen LogP contribution is 2.25. The number of nitrogen functional groups attached to an aromatic ring is 1. The maximum Gasteiger partial charge on any atom is 0.259 e. The molecule has 0 aliphatic heterocycles. The second kappa shape index (κ2) is 8.86. The summed E-state index contributed by atoms with van der Waals surface area (Å²) >= 11 is 0. The molecule has 0 aliphatic carbocycles. The topological polar surface area (TPSA) is 77.2 Å². The van der Waals surface area contributed by atoms with Crippen LogP contribution in [0, 0.1) is 31.5 Å². The van der Waals surface area contributed by atoms with Crippen LogP contribution in [0.25, 0.3) is 0 Å². The third kappa shape index (κ3) is 4.73. The second-order valence-electron chi connectivity index (χ2n) is 5.79. The van der Waals surface area contributed by atoms with Gasteiger partial charge in [0.25, 0.3) is 5.91 Å². The number of rotatable bonds is 5. The van der Waals surface area contributed by atoms with Crippen LogP contribution in [-0.4, -0.2) is 17.5 Å². The van der Waals surface area contributed by atoms with Gasteiger partial charge >= 0.3 is 0 Å². The summed E-state index contributed by atoms with van der Waals surface area (Å²) in [5.74, 6) is 4.68. The minimum Gasteiger partial charge on any atom is -0.478 e. The smallest absolute Gasteiger partial charge is 0.259 e. The third-order valence-electron chi connectivity index (χ3n) is 3.75. The standard InChI is InChI=1S/C20H22FN3O2/c1-4-5-6-7-11-26-17-10-8-9-16(18(17)21)24-20(25)15-12-13(2)14(3)23-19(15)22/h8-10,12H,4-5,11H2,1-3H3,(H2,22,23)(H,24,25). The Morgan fingerprint density at radius 1 is 1.35 bits per heavy atom. The predicted molar refractivity (Wildman–Crippen MR) is 101 cm³/mol. The van der Waals surface area contributed by atoms with Crippen LogP contribution >= 0.6 is 0 Å². The van der Waals surface area contributed by atoms with E-state index in [0.29, 0.717) is 0 Å². The first-order valence-corrected chi connectivity index (χ1v) is 8.36. The number of halogens is 1. The predicted octanol–water partition coefficient (Wildman–Crippen LogP) is 3.85. The van der Waals surface area contributed by atoms with Gasteiger partial charge in [-0.1, -0.05) is 24.8 Å². The van der Waals surface area contributed by atoms with E-state index in [-0.39, 0.29) is 29.4 Å². The Hall–Kier alpha value is -3.07. The van der Waals surface area contributed by atoms with Crippen LogP contribution in [-0.2, 0) is 0 Å². The fourth-order valence-corrected chi connectivity index (χ4v) is 2.19. The van der Waals surface area contributed by atoms with Crippen LogP contribution in [0.1, 0.15) is 41.4 Å². The molecule has 0 aliphatic rings. The molecule has 0 bridgehead atoms. The SMILES string of the molecule is CCCC#CCOc1cccc(NC(=O)c2cc(C)c(C)nc2N)c1F. The number of hydrogen-bond acceptors (Lipinski definition) is 4. The lowest BCUT2D eigenvalue weighted by Crippen LogP contribution is -2.17. The number of carbonyl (C=O) groups is 1. The molecule has 3 N–H and O–H groups in total. The largest absolute Gasteiger partial charge is 0.478 e. The van der Waals surface area contributed by atoms with Crippen LogP contribution in [0.5, 0.6) is 5.75 Å². The van der Waals surface area contributed by atoms with Crippen molar-refractivity contribution in [3.8, 4) is 17.6 Å². The van der Waals surface area contributed by atoms with Gasteiger partial charge in [-0.2, -0.15) is 0 Å². The van der Waals surface area contributed by atoms with Crippen molar-refractivity contribution in [2.45, 2.75) is 33.6 Å². The molecule has 1 aromatic carbocycles. The van der Waals surface area contributed by atoms with E-state index in [2.05, 4.69) is 22.1 Å². The Bertz CT molecular complexity index is 869. The molecular formula is C20H22FN3O2. The molecule has 1 aromatic heterocycles. The van der Waals surface area contributed by atoms with Gasteiger partial charge in [0.1, 0.15) is 12.4 Å². The van der Waals surface area contributed by atoms with Gasteiger partial charge in [-0.05, 0) is 44.0 Å². The van der Waals surface area contributed by atoms with Crippen LogP contribution in [0.4, 0.5) is 15.9 Å². The molecule has 26 heavy (non-hydrogen) atoms. The Morgan fingerprint density at radius 3 is 2.85 bits per heavy atom. The molecule has 0 fully saturated rings. The van der Waals surface area contributed by atoms with Gasteiger partial charge < -0.3 is 15.8 Å². The van der Waals surface area contributed by atoms with E-state index in [0.717, 1.165) is 24.1 Å². The minimum absolute atomic E-state index is 0.00615. The molecular weight excluding hydrogens is 333 g/mol. The number of pyridine rings is 1. The number of anilines is 2. The van der Waals surface area contributed by atoms with E-state index < -0.39 is 11.7 Å². The number of benzene rings is 1. The van der Waals surface area contributed by atoms with E-state index in [4.69, 9.17) is 10.5 Å². The van der Waals surface area contributed by atoms with Crippen molar-refractivity contribution in [3.05, 3.63) is 46.9 Å². The quantitative estimate of drug-likeness (QED) is 0.799. The van der Waals surface area contributed by atoms with Crippen LogP contribution in [0.3, 0.4) is 0 Å². The highest BCUT2D eigenvalue weighted by atomic mass is 19.1. The number of aromatic nitrogens is 1. The summed E-state index contributed by atoms with van der Waals surface area (Å²) in [6.45, 7) is 5.74. The van der Waals surface area contributed by atoms with Gasteiger partial charge in [-0.3, -0.25) is 4.79 Å². The number of nitrogens with zero attached hydrogens (tertiary/aromatic N) is 1. The van der Waals surface area contributed by atoms with Crippen molar-refractivity contribution >= 4 is 17.4 Å². The number of aryl methyl sites for hydroxylation is 2. The molecule has 1 heterocycles. The first-order chi connectivity index (χ1) is 12.4. The van der Waals surface area contributed by atoms with Crippen LogP contribution < -0.4 is 15.8 Å². The molecule has 0 saturated heterocycles. The monoisotopic (exact) mass is 355 g/mol. The molecule has 136 valence electrons. The highest BCUT2D eigenvalue weighted by Gasteiger charge is 2.16. The number of amides is 1. The highest BCUT2D eigenvalue weighted by molar-refractivity contribution is 6.07. The summed E-state index contributed by atoms with van der Waals surface area (Å²) in [4.78, 5) is 16.6. The van der Waals surface area contributed by atoms with E-state index >= 15 is 0 Å². The molecule has 5 nitrogen and oxygen atoms in total. The molecule has 0 unspecified atom stereocenters. The Morgan fingerprint density at radius 2 is 2.12 bits per heavy atom. The van der Waals surface area contributed by atoms with Crippen molar-refractivity contribution in [2.75, 3.05) is 17.7 Å². The first-order valence-electron chi connectivity index (χ1n) is 8.36. The van der Waals surface area contributed by atoms with E-state index in [9.17, 15) is 9.18 Å². The number of nitrogens with one attached hydrogen (secondary N) is 1. The summed E-state index contributed by atoms with van der Waals surface area (Å²) in [5.41, 5.74) is 7.58. The fraction of sp³-hybridized carbons (Fsp3) is 0.300. The van der Waals surface area contributed by atoms with Gasteiger partial charge in [0.2, 0.25) is 0 Å². The number of hydrogen-bond donors (Lipinski definition) is 2. The molecule has 0 radical (unpaired) electrons. The van der Waals surface area contributed by atoms with Crippen LogP contribution in [0.2, 0.25) is 0 Å². The molecule has 0 atom stereocenters. The van der Waals surface area contributed by atoms with Crippen molar-refractivity contribution in [2.24, 2.45) is 0 Å². The summed E-state index contributed by atoms with van der Waals surface area (Å²) < 4.78 is 19.9. The normalized spacial score (nSPS) is 10.0. The van der Waals surface area contributed by atoms with Crippen LogP contribution in [0.15, 0.2) is 24.3 Å². The number of ether oxygens (including phenoxy) is 1. The summed E-state index contributed by atoms with van der Waals surface area (Å²) in [6.07, 6.45) is 1.73. The van der Waals surface area contributed by atoms with Gasteiger partial charge in [0.05, 0.1) is 11.3 Å². The average molecular weight is 355 g/mol. The van der Waals surface area contributed by atoms with Crippen molar-refractivity contribution in [1.82, 2.24) is 4.98 Å². The molecule has 6 heteroatoms. The fourth-order valence-electron chi connectivity index (χ4n) is 2.19. The molecule has 0 saturated carbocycles. The van der Waals surface area contributed by atoms with Crippen molar-refractivity contribution in [1.29, 1.82) is 0 Å². The maximum atomic E-state index is 14.5. The summed E-state index contributed by atoms with van der Waals surface area (Å²) in [6, 6.07) is 6.16. The van der Waals surface area contributed by atoms with Crippen molar-refractivity contribution < 1.29 is 13.9 Å². The van der Waals surface area contributed by atoms with Gasteiger partial charge in [-0.15, -0.1) is 0 Å². The number of carbonyl (C=O) groups excluding carboxylic acids is 1. The molecule has 1 amide bonds. The van der Waals surface area contributed by atoms with E-state index in [1.165, 1.54) is 12.1 Å². The Kier molecular flexibility index (Phi) is 6.56. The van der Waals surface area contributed by atoms with E-state index in [1.807, 2.05) is 13.8 Å². The first kappa shape index (κ1) is 19.3. The van der Waals surface area contributed by atoms with Crippen molar-refractivity contribution in [3.63, 3.8) is 0 Å². The Labute approximate surface area is 152 Å². The zero-order valence-electron chi connectivity index (χ0n) is 15.1. The number of unbranched alkanes of at least 4 members (excludes halogenated alkanes) is 1. The molecule has 2 aromatic rings. The van der Waals surface area contributed by atoms with Gasteiger partial charge in [0, 0.05) is 12.1 Å².